The Morgan fingerprint density at radius 3 is 2.80 bits per heavy atom. The third-order valence-electron chi connectivity index (χ3n) is 4.21. The van der Waals surface area contributed by atoms with E-state index in [0.717, 1.165) is 5.36 Å². The summed E-state index contributed by atoms with van der Waals surface area (Å²) in [7, 11) is 0. The zero-order valence-corrected chi connectivity index (χ0v) is 10.8. The molecule has 1 aliphatic heterocycles. The molecule has 1 unspecified atom stereocenters. The minimum absolute atomic E-state index is 0.166. The van der Waals surface area contributed by atoms with Crippen molar-refractivity contribution < 1.29 is 0 Å². The fourth-order valence-corrected chi connectivity index (χ4v) is 3.29. The Kier molecular flexibility index (Phi) is 1.78. The normalized spacial score (nSPS) is 18.6. The highest BCUT2D eigenvalue weighted by molar-refractivity contribution is 5.91. The summed E-state index contributed by atoms with van der Waals surface area (Å²) in [6, 6.07) is 17.0. The van der Waals surface area contributed by atoms with E-state index in [4.69, 9.17) is 4.99 Å². The number of hydrogen-bond acceptors (Lipinski definition) is 1. The lowest BCUT2D eigenvalue weighted by Gasteiger charge is -2.07. The molecule has 5 rings (SSSR count). The van der Waals surface area contributed by atoms with Gasteiger partial charge in [0.05, 0.1) is 11.4 Å². The monoisotopic (exact) mass is 256 g/mol. The lowest BCUT2D eigenvalue weighted by Crippen LogP contribution is -2.30. The fourth-order valence-electron chi connectivity index (χ4n) is 3.29. The first-order valence-corrected chi connectivity index (χ1v) is 6.87. The maximum Gasteiger partial charge on any atom is 0.0954 e. The topological polar surface area (TPSA) is 28.1 Å². The smallest absolute Gasteiger partial charge is 0.0954 e. The molecule has 2 heterocycles. The first-order valence-electron chi connectivity index (χ1n) is 6.87. The second kappa shape index (κ2) is 3.48. The van der Waals surface area contributed by atoms with Crippen molar-refractivity contribution in [1.82, 2.24) is 4.98 Å². The van der Waals surface area contributed by atoms with E-state index in [-0.39, 0.29) is 6.04 Å². The number of fused-ring (bicyclic) bond motifs is 5. The Balaban J connectivity index is 1.98. The number of hydrogen-bond donors (Lipinski definition) is 1. The second-order valence-electron chi connectivity index (χ2n) is 5.36. The van der Waals surface area contributed by atoms with Gasteiger partial charge in [-0.25, -0.2) is 0 Å². The van der Waals surface area contributed by atoms with E-state index in [2.05, 4.69) is 65.7 Å². The third kappa shape index (κ3) is 1.21. The zero-order valence-electron chi connectivity index (χ0n) is 10.8. The molecule has 0 saturated heterocycles. The Hall–Kier alpha value is -2.61. The van der Waals surface area contributed by atoms with Gasteiger partial charge in [0.15, 0.2) is 0 Å². The van der Waals surface area contributed by atoms with Gasteiger partial charge < -0.3 is 4.98 Å². The highest BCUT2D eigenvalue weighted by Gasteiger charge is 2.19. The van der Waals surface area contributed by atoms with Crippen molar-refractivity contribution >= 4 is 28.6 Å². The first kappa shape index (κ1) is 10.2. The molecule has 0 bridgehead atoms. The van der Waals surface area contributed by atoms with Crippen LogP contribution in [0.25, 0.3) is 28.6 Å². The molecule has 0 saturated carbocycles. The van der Waals surface area contributed by atoms with E-state index < -0.39 is 0 Å². The van der Waals surface area contributed by atoms with Gasteiger partial charge in [0.2, 0.25) is 0 Å². The lowest BCUT2D eigenvalue weighted by atomic mass is 10.0. The number of nitrogens with zero attached hydrogens (tertiary/aromatic N) is 1. The average Bonchev–Trinajstić information content (AvgIpc) is 3.02. The molecule has 2 aromatic carbocycles. The molecule has 1 aliphatic carbocycles. The first-order chi connectivity index (χ1) is 9.90. The summed E-state index contributed by atoms with van der Waals surface area (Å²) in [5.74, 6) is 0. The highest BCUT2D eigenvalue weighted by atomic mass is 14.8. The SMILES string of the molecule is C1=c2[nH]c3ccccc3c2=CC2N=c3ccccc3=C12. The average molecular weight is 256 g/mol. The molecule has 1 aromatic heterocycles. The summed E-state index contributed by atoms with van der Waals surface area (Å²) in [6.45, 7) is 0. The van der Waals surface area contributed by atoms with Gasteiger partial charge in [-0.3, -0.25) is 4.99 Å². The maximum absolute atomic E-state index is 4.82. The molecule has 0 spiro atoms. The molecular formula is C18H12N2. The number of rotatable bonds is 0. The van der Waals surface area contributed by atoms with Crippen molar-refractivity contribution in [2.75, 3.05) is 0 Å². The van der Waals surface area contributed by atoms with Gasteiger partial charge in [0.1, 0.15) is 0 Å². The van der Waals surface area contributed by atoms with Crippen LogP contribution in [-0.2, 0) is 0 Å². The van der Waals surface area contributed by atoms with Crippen LogP contribution in [0.1, 0.15) is 0 Å². The molecule has 1 N–H and O–H groups in total. The van der Waals surface area contributed by atoms with Gasteiger partial charge >= 0.3 is 0 Å². The van der Waals surface area contributed by atoms with E-state index >= 15 is 0 Å². The molecule has 20 heavy (non-hydrogen) atoms. The molecule has 2 nitrogen and oxygen atoms in total. The minimum atomic E-state index is 0.166. The van der Waals surface area contributed by atoms with Crippen molar-refractivity contribution in [2.45, 2.75) is 6.04 Å². The van der Waals surface area contributed by atoms with Gasteiger partial charge in [0, 0.05) is 26.7 Å². The van der Waals surface area contributed by atoms with Crippen molar-refractivity contribution in [3.8, 4) is 0 Å². The van der Waals surface area contributed by atoms with Crippen LogP contribution in [0.5, 0.6) is 0 Å². The molecule has 2 heteroatoms. The summed E-state index contributed by atoms with van der Waals surface area (Å²) in [5.41, 5.74) is 2.50. The lowest BCUT2D eigenvalue weighted by molar-refractivity contribution is 1.07. The number of H-pyrrole nitrogens is 1. The Morgan fingerprint density at radius 2 is 1.80 bits per heavy atom. The van der Waals surface area contributed by atoms with Gasteiger partial charge in [0.25, 0.3) is 0 Å². The molecule has 2 aliphatic rings. The molecule has 0 radical (unpaired) electrons. The predicted octanol–water partition coefficient (Wildman–Crippen LogP) is 0.595. The summed E-state index contributed by atoms with van der Waals surface area (Å²) >= 11 is 0. The molecule has 0 fully saturated rings. The van der Waals surface area contributed by atoms with E-state index in [0.29, 0.717) is 0 Å². The molecule has 0 amide bonds. The van der Waals surface area contributed by atoms with Gasteiger partial charge in [-0.05, 0) is 29.9 Å². The quantitative estimate of drug-likeness (QED) is 0.610. The summed E-state index contributed by atoms with van der Waals surface area (Å²) < 4.78 is 0. The van der Waals surface area contributed by atoms with Crippen LogP contribution < -0.4 is 21.1 Å². The third-order valence-corrected chi connectivity index (χ3v) is 4.21. The number of aromatic amines is 1. The van der Waals surface area contributed by atoms with Crippen LogP contribution in [0.4, 0.5) is 0 Å². The highest BCUT2D eigenvalue weighted by Crippen LogP contribution is 2.16. The standard InChI is InChI=1S/C18H12N2/c1-3-7-15-11(5-1)13-9-18-14(10-17(13)19-15)12-6-2-4-8-16(12)20-18/h1-10,17,20H. The van der Waals surface area contributed by atoms with Crippen molar-refractivity contribution in [1.29, 1.82) is 0 Å². The van der Waals surface area contributed by atoms with Gasteiger partial charge in [-0.2, -0.15) is 0 Å². The van der Waals surface area contributed by atoms with E-state index in [1.807, 2.05) is 0 Å². The van der Waals surface area contributed by atoms with Gasteiger partial charge in [-0.1, -0.05) is 36.4 Å². The van der Waals surface area contributed by atoms with Crippen LogP contribution in [0.15, 0.2) is 53.5 Å². The van der Waals surface area contributed by atoms with E-state index in [1.165, 1.54) is 32.3 Å². The summed E-state index contributed by atoms with van der Waals surface area (Å²) in [6.07, 6.45) is 4.54. The molecular weight excluding hydrogens is 244 g/mol. The van der Waals surface area contributed by atoms with E-state index in [1.54, 1.807) is 0 Å². The minimum Gasteiger partial charge on any atom is -0.355 e. The maximum atomic E-state index is 4.82. The largest absolute Gasteiger partial charge is 0.355 e. The Morgan fingerprint density at radius 1 is 0.950 bits per heavy atom. The van der Waals surface area contributed by atoms with Crippen LogP contribution in [0.3, 0.4) is 0 Å². The molecule has 94 valence electrons. The summed E-state index contributed by atoms with van der Waals surface area (Å²) in [5, 5.41) is 6.13. The number of para-hydroxylation sites is 2. The number of nitrogens with one attached hydrogen (secondary N) is 1. The Bertz CT molecular complexity index is 1100. The predicted molar refractivity (Wildman–Crippen MR) is 80.9 cm³/mol. The van der Waals surface area contributed by atoms with Crippen LogP contribution in [-0.4, -0.2) is 11.0 Å². The van der Waals surface area contributed by atoms with Crippen molar-refractivity contribution in [2.24, 2.45) is 4.99 Å². The van der Waals surface area contributed by atoms with Gasteiger partial charge in [-0.15, -0.1) is 0 Å². The van der Waals surface area contributed by atoms with Crippen molar-refractivity contribution in [3.63, 3.8) is 0 Å². The zero-order chi connectivity index (χ0) is 13.1. The Labute approximate surface area is 115 Å². The van der Waals surface area contributed by atoms with Crippen molar-refractivity contribution in [3.05, 3.63) is 69.7 Å². The summed E-state index contributed by atoms with van der Waals surface area (Å²) in [4.78, 5) is 8.33. The number of benzene rings is 2. The van der Waals surface area contributed by atoms with E-state index in [9.17, 15) is 0 Å². The molecule has 3 aromatic rings. The van der Waals surface area contributed by atoms with Crippen LogP contribution >= 0.6 is 0 Å². The fraction of sp³-hybridized carbons (Fsp3) is 0.0556. The molecule has 1 atom stereocenters. The van der Waals surface area contributed by atoms with Crippen LogP contribution in [0.2, 0.25) is 0 Å². The second-order valence-corrected chi connectivity index (χ2v) is 5.36. The van der Waals surface area contributed by atoms with Crippen LogP contribution in [0, 0.1) is 0 Å². The number of aromatic nitrogens is 1.